The summed E-state index contributed by atoms with van der Waals surface area (Å²) < 4.78 is 1.92. The third-order valence-corrected chi connectivity index (χ3v) is 2.48. The molecule has 0 unspecified atom stereocenters. The zero-order valence-electron chi connectivity index (χ0n) is 10.1. The van der Waals surface area contributed by atoms with Crippen molar-refractivity contribution in [3.63, 3.8) is 0 Å². The molecule has 0 spiro atoms. The second kappa shape index (κ2) is 3.70. The average Bonchev–Trinajstić information content (AvgIpc) is 2.63. The van der Waals surface area contributed by atoms with Gasteiger partial charge in [-0.25, -0.2) is 9.97 Å². The molecule has 2 rings (SSSR count). The van der Waals surface area contributed by atoms with Crippen LogP contribution < -0.4 is 0 Å². The summed E-state index contributed by atoms with van der Waals surface area (Å²) in [5.74, 6) is 1.72. The first-order chi connectivity index (χ1) is 7.48. The van der Waals surface area contributed by atoms with Gasteiger partial charge in [-0.2, -0.15) is 0 Å². The lowest BCUT2D eigenvalue weighted by atomic mass is 9.93. The van der Waals surface area contributed by atoms with Crippen LogP contribution in [0.15, 0.2) is 24.8 Å². The summed E-state index contributed by atoms with van der Waals surface area (Å²) in [6.45, 7) is 8.32. The van der Waals surface area contributed by atoms with Gasteiger partial charge in [-0.3, -0.25) is 9.55 Å². The van der Waals surface area contributed by atoms with Gasteiger partial charge in [0.15, 0.2) is 5.82 Å². The van der Waals surface area contributed by atoms with Crippen LogP contribution in [-0.2, 0) is 5.41 Å². The zero-order chi connectivity index (χ0) is 11.8. The fraction of sp³-hybridized carbons (Fsp3) is 0.417. The van der Waals surface area contributed by atoms with Crippen LogP contribution in [0.3, 0.4) is 0 Å². The molecule has 16 heavy (non-hydrogen) atoms. The molecule has 0 atom stereocenters. The lowest BCUT2D eigenvalue weighted by molar-refractivity contribution is 0.564. The van der Waals surface area contributed by atoms with Gasteiger partial charge in [0.2, 0.25) is 0 Å². The van der Waals surface area contributed by atoms with E-state index in [1.165, 1.54) is 0 Å². The van der Waals surface area contributed by atoms with Crippen LogP contribution in [0.1, 0.15) is 32.3 Å². The Labute approximate surface area is 95.4 Å². The fourth-order valence-electron chi connectivity index (χ4n) is 1.45. The molecule has 0 aliphatic carbocycles. The first-order valence-corrected chi connectivity index (χ1v) is 5.31. The van der Waals surface area contributed by atoms with E-state index >= 15 is 0 Å². The Morgan fingerprint density at radius 1 is 1.06 bits per heavy atom. The largest absolute Gasteiger partial charge is 0.287 e. The van der Waals surface area contributed by atoms with Crippen LogP contribution in [0, 0.1) is 6.92 Å². The van der Waals surface area contributed by atoms with Gasteiger partial charge >= 0.3 is 0 Å². The molecule has 4 heteroatoms. The van der Waals surface area contributed by atoms with Gasteiger partial charge in [-0.1, -0.05) is 20.8 Å². The van der Waals surface area contributed by atoms with Crippen molar-refractivity contribution in [2.45, 2.75) is 33.1 Å². The molecular weight excluding hydrogens is 200 g/mol. The number of rotatable bonds is 1. The summed E-state index contributed by atoms with van der Waals surface area (Å²) in [6.07, 6.45) is 7.26. The Morgan fingerprint density at radius 2 is 1.81 bits per heavy atom. The van der Waals surface area contributed by atoms with E-state index in [0.29, 0.717) is 0 Å². The highest BCUT2D eigenvalue weighted by molar-refractivity contribution is 5.23. The van der Waals surface area contributed by atoms with Crippen LogP contribution >= 0.6 is 0 Å². The molecule has 0 amide bonds. The number of imidazole rings is 1. The van der Waals surface area contributed by atoms with Crippen LogP contribution in [0.4, 0.5) is 0 Å². The summed E-state index contributed by atoms with van der Waals surface area (Å²) in [6, 6.07) is 0. The van der Waals surface area contributed by atoms with Crippen molar-refractivity contribution in [2.75, 3.05) is 0 Å². The molecule has 0 aliphatic rings. The normalized spacial score (nSPS) is 11.8. The van der Waals surface area contributed by atoms with Crippen molar-refractivity contribution in [3.8, 4) is 5.82 Å². The van der Waals surface area contributed by atoms with E-state index in [1.54, 1.807) is 12.4 Å². The number of aryl methyl sites for hydroxylation is 1. The minimum absolute atomic E-state index is 0.0372. The third kappa shape index (κ3) is 1.96. The second-order valence-electron chi connectivity index (χ2n) is 4.85. The van der Waals surface area contributed by atoms with Crippen LogP contribution in [0.25, 0.3) is 5.82 Å². The molecule has 2 aromatic rings. The van der Waals surface area contributed by atoms with Gasteiger partial charge in [-0.05, 0) is 6.92 Å². The number of aromatic nitrogens is 4. The van der Waals surface area contributed by atoms with Gasteiger partial charge in [0, 0.05) is 17.8 Å². The van der Waals surface area contributed by atoms with Gasteiger partial charge < -0.3 is 0 Å². The van der Waals surface area contributed by atoms with Crippen molar-refractivity contribution in [2.24, 2.45) is 0 Å². The summed E-state index contributed by atoms with van der Waals surface area (Å²) in [7, 11) is 0. The van der Waals surface area contributed by atoms with E-state index in [-0.39, 0.29) is 5.41 Å². The van der Waals surface area contributed by atoms with E-state index in [2.05, 4.69) is 35.7 Å². The van der Waals surface area contributed by atoms with Gasteiger partial charge in [0.05, 0.1) is 18.1 Å². The predicted octanol–water partition coefficient (Wildman–Crippen LogP) is 2.27. The molecule has 0 aromatic carbocycles. The summed E-state index contributed by atoms with van der Waals surface area (Å²) >= 11 is 0. The monoisotopic (exact) mass is 216 g/mol. The van der Waals surface area contributed by atoms with Crippen molar-refractivity contribution < 1.29 is 0 Å². The maximum absolute atomic E-state index is 4.44. The highest BCUT2D eigenvalue weighted by Crippen LogP contribution is 2.19. The molecule has 2 aromatic heterocycles. The van der Waals surface area contributed by atoms with Crippen molar-refractivity contribution in [1.82, 2.24) is 19.5 Å². The first kappa shape index (κ1) is 10.8. The molecule has 84 valence electrons. The molecule has 0 bridgehead atoms. The molecule has 0 aliphatic heterocycles. The maximum atomic E-state index is 4.44. The minimum atomic E-state index is 0.0372. The Kier molecular flexibility index (Phi) is 2.50. The van der Waals surface area contributed by atoms with Crippen molar-refractivity contribution in [3.05, 3.63) is 36.3 Å². The van der Waals surface area contributed by atoms with Crippen molar-refractivity contribution in [1.29, 1.82) is 0 Å². The lowest BCUT2D eigenvalue weighted by Gasteiger charge is -2.17. The van der Waals surface area contributed by atoms with Gasteiger partial charge in [0.1, 0.15) is 5.82 Å². The van der Waals surface area contributed by atoms with E-state index < -0.39 is 0 Å². The van der Waals surface area contributed by atoms with E-state index in [0.717, 1.165) is 17.3 Å². The second-order valence-corrected chi connectivity index (χ2v) is 4.85. The highest BCUT2D eigenvalue weighted by Gasteiger charge is 2.15. The summed E-state index contributed by atoms with van der Waals surface area (Å²) in [5, 5.41) is 0. The Balaban J connectivity index is 2.37. The third-order valence-electron chi connectivity index (χ3n) is 2.48. The SMILES string of the molecule is Cc1nccn1-c1cnc(C(C)(C)C)cn1. The summed E-state index contributed by atoms with van der Waals surface area (Å²) in [5.41, 5.74) is 1.03. The Bertz CT molecular complexity index is 476. The molecule has 0 saturated carbocycles. The molecule has 0 fully saturated rings. The van der Waals surface area contributed by atoms with Crippen LogP contribution in [0.2, 0.25) is 0 Å². The molecule has 0 N–H and O–H groups in total. The van der Waals surface area contributed by atoms with Crippen molar-refractivity contribution >= 4 is 0 Å². The zero-order valence-corrected chi connectivity index (χ0v) is 10.1. The standard InChI is InChI=1S/C12H16N4/c1-9-13-5-6-16(9)11-8-14-10(7-15-11)12(2,3)4/h5-8H,1-4H3. The smallest absolute Gasteiger partial charge is 0.156 e. The average molecular weight is 216 g/mol. The molecule has 4 nitrogen and oxygen atoms in total. The number of hydrogen-bond donors (Lipinski definition) is 0. The number of nitrogens with zero attached hydrogens (tertiary/aromatic N) is 4. The van der Waals surface area contributed by atoms with Gasteiger partial charge in [0.25, 0.3) is 0 Å². The van der Waals surface area contributed by atoms with E-state index in [9.17, 15) is 0 Å². The quantitative estimate of drug-likeness (QED) is 0.734. The molecule has 2 heterocycles. The van der Waals surface area contributed by atoms with E-state index in [1.807, 2.05) is 23.9 Å². The predicted molar refractivity (Wildman–Crippen MR) is 62.6 cm³/mol. The van der Waals surface area contributed by atoms with Crippen LogP contribution in [0.5, 0.6) is 0 Å². The lowest BCUT2D eigenvalue weighted by Crippen LogP contribution is -2.14. The van der Waals surface area contributed by atoms with E-state index in [4.69, 9.17) is 0 Å². The number of hydrogen-bond acceptors (Lipinski definition) is 3. The topological polar surface area (TPSA) is 43.6 Å². The molecule has 0 radical (unpaired) electrons. The summed E-state index contributed by atoms with van der Waals surface area (Å²) in [4.78, 5) is 13.0. The molecule has 0 saturated heterocycles. The minimum Gasteiger partial charge on any atom is -0.287 e. The highest BCUT2D eigenvalue weighted by atomic mass is 15.1. The van der Waals surface area contributed by atoms with Crippen LogP contribution in [-0.4, -0.2) is 19.5 Å². The maximum Gasteiger partial charge on any atom is 0.156 e. The molecular formula is C12H16N4. The first-order valence-electron chi connectivity index (χ1n) is 5.31. The Hall–Kier alpha value is -1.71. The fourth-order valence-corrected chi connectivity index (χ4v) is 1.45. The van der Waals surface area contributed by atoms with Gasteiger partial charge in [-0.15, -0.1) is 0 Å². The Morgan fingerprint density at radius 3 is 2.25 bits per heavy atom.